The Hall–Kier alpha value is -0.780. The Morgan fingerprint density at radius 3 is 2.40 bits per heavy atom. The van der Waals surface area contributed by atoms with Crippen molar-refractivity contribution >= 4 is 0 Å². The monoisotopic (exact) mass is 136 g/mol. The van der Waals surface area contributed by atoms with Gasteiger partial charge in [-0.25, -0.2) is 0 Å². The van der Waals surface area contributed by atoms with Gasteiger partial charge in [0.05, 0.1) is 0 Å². The Bertz CT molecular complexity index is 145. The van der Waals surface area contributed by atoms with E-state index in [9.17, 15) is 0 Å². The van der Waals surface area contributed by atoms with Crippen LogP contribution in [0.3, 0.4) is 0 Å². The van der Waals surface area contributed by atoms with Crippen LogP contribution in [0.1, 0.15) is 20.8 Å². The van der Waals surface area contributed by atoms with E-state index in [-0.39, 0.29) is 0 Å². The summed E-state index contributed by atoms with van der Waals surface area (Å²) in [5.74, 6) is 0.531. The van der Waals surface area contributed by atoms with Gasteiger partial charge in [0.25, 0.3) is 0 Å². The number of allylic oxidation sites excluding steroid dienone is 5. The van der Waals surface area contributed by atoms with Crippen molar-refractivity contribution in [3.05, 3.63) is 36.5 Å². The summed E-state index contributed by atoms with van der Waals surface area (Å²) < 4.78 is 0. The van der Waals surface area contributed by atoms with Crippen LogP contribution >= 0.6 is 0 Å². The molecule has 10 heavy (non-hydrogen) atoms. The molecule has 0 amide bonds. The third kappa shape index (κ3) is 5.36. The largest absolute Gasteiger partial charge is 0.0991 e. The van der Waals surface area contributed by atoms with Crippen molar-refractivity contribution in [2.75, 3.05) is 0 Å². The molecule has 0 aromatic rings. The van der Waals surface area contributed by atoms with Gasteiger partial charge in [-0.05, 0) is 19.8 Å². The maximum Gasteiger partial charge on any atom is -0.00763 e. The van der Waals surface area contributed by atoms with Crippen LogP contribution in [-0.4, -0.2) is 0 Å². The van der Waals surface area contributed by atoms with E-state index in [1.807, 2.05) is 6.08 Å². The molecule has 0 N–H and O–H groups in total. The van der Waals surface area contributed by atoms with Crippen molar-refractivity contribution in [1.29, 1.82) is 0 Å². The summed E-state index contributed by atoms with van der Waals surface area (Å²) in [5, 5.41) is 0. The van der Waals surface area contributed by atoms with Crippen molar-refractivity contribution in [3.8, 4) is 0 Å². The molecule has 0 aliphatic carbocycles. The van der Waals surface area contributed by atoms with E-state index in [1.165, 1.54) is 5.57 Å². The van der Waals surface area contributed by atoms with E-state index in [2.05, 4.69) is 39.5 Å². The molecule has 0 aliphatic rings. The van der Waals surface area contributed by atoms with Gasteiger partial charge in [0.1, 0.15) is 0 Å². The second-order valence-corrected chi connectivity index (χ2v) is 2.72. The van der Waals surface area contributed by atoms with Gasteiger partial charge in [0, 0.05) is 0 Å². The van der Waals surface area contributed by atoms with Gasteiger partial charge in [-0.3, -0.25) is 0 Å². The zero-order valence-electron chi connectivity index (χ0n) is 7.09. The molecule has 1 atom stereocenters. The molecule has 0 aliphatic heterocycles. The molecule has 0 radical (unpaired) electrons. The summed E-state index contributed by atoms with van der Waals surface area (Å²) in [4.78, 5) is 0. The first-order chi connectivity index (χ1) is 4.66. The molecule has 0 heteroatoms. The van der Waals surface area contributed by atoms with Crippen LogP contribution in [0.4, 0.5) is 0 Å². The third-order valence-electron chi connectivity index (χ3n) is 1.15. The highest BCUT2D eigenvalue weighted by Gasteiger charge is 1.87. The molecule has 0 bridgehead atoms. The van der Waals surface area contributed by atoms with E-state index in [0.717, 1.165) is 0 Å². The summed E-state index contributed by atoms with van der Waals surface area (Å²) in [7, 11) is 0. The number of hydrogen-bond acceptors (Lipinski definition) is 0. The molecule has 0 saturated heterocycles. The topological polar surface area (TPSA) is 0 Å². The van der Waals surface area contributed by atoms with Crippen molar-refractivity contribution in [3.63, 3.8) is 0 Å². The van der Waals surface area contributed by atoms with Crippen molar-refractivity contribution in [2.45, 2.75) is 20.8 Å². The van der Waals surface area contributed by atoms with E-state index in [4.69, 9.17) is 0 Å². The van der Waals surface area contributed by atoms with Gasteiger partial charge in [0.2, 0.25) is 0 Å². The highest BCUT2D eigenvalue weighted by atomic mass is 13.9. The summed E-state index contributed by atoms with van der Waals surface area (Å²) in [5.41, 5.74) is 1.36. The van der Waals surface area contributed by atoms with Crippen LogP contribution in [0.5, 0.6) is 0 Å². The van der Waals surface area contributed by atoms with Gasteiger partial charge in [-0.15, -0.1) is 0 Å². The molecule has 56 valence electrons. The molecule has 0 aromatic heterocycles. The fourth-order valence-electron chi connectivity index (χ4n) is 0.835. The van der Waals surface area contributed by atoms with Crippen LogP contribution in [0, 0.1) is 5.92 Å². The maximum absolute atomic E-state index is 3.60. The average Bonchev–Trinajstić information content (AvgIpc) is 1.82. The summed E-state index contributed by atoms with van der Waals surface area (Å²) >= 11 is 0. The Kier molecular flexibility index (Phi) is 4.65. The Labute approximate surface area is 64.0 Å². The average molecular weight is 136 g/mol. The van der Waals surface area contributed by atoms with Crippen molar-refractivity contribution in [2.24, 2.45) is 5.92 Å². The highest BCUT2D eigenvalue weighted by molar-refractivity contribution is 5.07. The first kappa shape index (κ1) is 9.22. The summed E-state index contributed by atoms with van der Waals surface area (Å²) in [6.45, 7) is 9.98. The predicted octanol–water partition coefficient (Wildman–Crippen LogP) is 3.33. The second-order valence-electron chi connectivity index (χ2n) is 2.72. The molecule has 0 saturated carbocycles. The normalized spacial score (nSPS) is 13.1. The zero-order valence-corrected chi connectivity index (χ0v) is 7.09. The molecule has 0 aromatic carbocycles. The van der Waals surface area contributed by atoms with E-state index in [1.54, 1.807) is 6.08 Å². The molecule has 1 unspecified atom stereocenters. The van der Waals surface area contributed by atoms with Crippen LogP contribution in [0.15, 0.2) is 36.5 Å². The Morgan fingerprint density at radius 2 is 2.00 bits per heavy atom. The fourth-order valence-corrected chi connectivity index (χ4v) is 0.835. The molecular formula is C10H16. The Morgan fingerprint density at radius 1 is 1.40 bits per heavy atom. The second kappa shape index (κ2) is 5.04. The molecule has 0 rings (SSSR count). The zero-order chi connectivity index (χ0) is 7.98. The predicted molar refractivity (Wildman–Crippen MR) is 47.9 cm³/mol. The minimum absolute atomic E-state index is 0.531. The van der Waals surface area contributed by atoms with E-state index in [0.29, 0.717) is 5.92 Å². The first-order valence-corrected chi connectivity index (χ1v) is 3.61. The van der Waals surface area contributed by atoms with Gasteiger partial charge in [-0.1, -0.05) is 43.4 Å². The summed E-state index contributed by atoms with van der Waals surface area (Å²) in [6, 6.07) is 0. The van der Waals surface area contributed by atoms with Crippen LogP contribution < -0.4 is 0 Å². The lowest BCUT2D eigenvalue weighted by molar-refractivity contribution is 0.925. The van der Waals surface area contributed by atoms with E-state index >= 15 is 0 Å². The highest BCUT2D eigenvalue weighted by Crippen LogP contribution is 2.03. The van der Waals surface area contributed by atoms with Gasteiger partial charge in [-0.2, -0.15) is 0 Å². The molecule has 0 fully saturated rings. The lowest BCUT2D eigenvalue weighted by atomic mass is 10.1. The molecule has 0 spiro atoms. The van der Waals surface area contributed by atoms with Crippen molar-refractivity contribution < 1.29 is 0 Å². The van der Waals surface area contributed by atoms with Gasteiger partial charge < -0.3 is 0 Å². The molecular weight excluding hydrogens is 120 g/mol. The quantitative estimate of drug-likeness (QED) is 0.412. The first-order valence-electron chi connectivity index (χ1n) is 3.61. The standard InChI is InChI=1S/C10H16/c1-5-6-7-10(4)8-9(2)3/h5-8,10H,1H2,2-4H3. The lowest BCUT2D eigenvalue weighted by Crippen LogP contribution is -1.82. The summed E-state index contributed by atoms with van der Waals surface area (Å²) in [6.07, 6.45) is 8.12. The van der Waals surface area contributed by atoms with E-state index < -0.39 is 0 Å². The van der Waals surface area contributed by atoms with Crippen LogP contribution in [0.25, 0.3) is 0 Å². The number of rotatable bonds is 3. The SMILES string of the molecule is C=CC=CC(C)C=C(C)C. The fraction of sp³-hybridized carbons (Fsp3) is 0.400. The maximum atomic E-state index is 3.60. The van der Waals surface area contributed by atoms with Crippen LogP contribution in [-0.2, 0) is 0 Å². The van der Waals surface area contributed by atoms with Crippen LogP contribution in [0.2, 0.25) is 0 Å². The number of hydrogen-bond donors (Lipinski definition) is 0. The van der Waals surface area contributed by atoms with Crippen molar-refractivity contribution in [1.82, 2.24) is 0 Å². The smallest absolute Gasteiger partial charge is 0.00763 e. The minimum atomic E-state index is 0.531. The van der Waals surface area contributed by atoms with Gasteiger partial charge in [0.15, 0.2) is 0 Å². The molecule has 0 nitrogen and oxygen atoms in total. The Balaban J connectivity index is 3.85. The lowest BCUT2D eigenvalue weighted by Gasteiger charge is -1.97. The van der Waals surface area contributed by atoms with Gasteiger partial charge >= 0.3 is 0 Å². The third-order valence-corrected chi connectivity index (χ3v) is 1.15. The molecule has 0 heterocycles. The minimum Gasteiger partial charge on any atom is -0.0991 e.